The topological polar surface area (TPSA) is 12.9 Å². The molecule has 5 atom stereocenters. The maximum absolute atomic E-state index is 5.98. The lowest BCUT2D eigenvalue weighted by molar-refractivity contribution is 0.159. The van der Waals surface area contributed by atoms with Gasteiger partial charge in [0, 0.05) is 17.3 Å². The molecule has 1 heteroatoms. The Morgan fingerprint density at radius 2 is 0.868 bits per heavy atom. The summed E-state index contributed by atoms with van der Waals surface area (Å²) in [7, 11) is 0. The Balaban J connectivity index is 1.53. The van der Waals surface area contributed by atoms with E-state index in [1.807, 2.05) is 16.7 Å². The van der Waals surface area contributed by atoms with E-state index in [4.69, 9.17) is 4.98 Å². The van der Waals surface area contributed by atoms with Gasteiger partial charge in [0.15, 0.2) is 0 Å². The number of hydrogen-bond donors (Lipinski definition) is 0. The minimum absolute atomic E-state index is 0.773. The van der Waals surface area contributed by atoms with E-state index in [1.54, 1.807) is 11.4 Å². The summed E-state index contributed by atoms with van der Waals surface area (Å²) in [5.74, 6) is 4.29. The van der Waals surface area contributed by atoms with Gasteiger partial charge < -0.3 is 0 Å². The molecule has 0 amide bonds. The molecule has 5 aliphatic carbocycles. The second-order valence-electron chi connectivity index (χ2n) is 14.4. The summed E-state index contributed by atoms with van der Waals surface area (Å²) < 4.78 is 0. The summed E-state index contributed by atoms with van der Waals surface area (Å²) in [5.41, 5.74) is 8.99. The van der Waals surface area contributed by atoms with Crippen LogP contribution in [0.15, 0.2) is 0 Å². The Hall–Kier alpha value is -0.850. The van der Waals surface area contributed by atoms with Gasteiger partial charge in [-0.05, 0) is 105 Å². The molecule has 38 heavy (non-hydrogen) atoms. The summed E-state index contributed by atoms with van der Waals surface area (Å²) in [5, 5.41) is 0. The molecule has 0 bridgehead atoms. The Kier molecular flexibility index (Phi) is 9.83. The molecule has 1 aromatic rings. The molecule has 1 nitrogen and oxygen atoms in total. The molecule has 1 heterocycles. The van der Waals surface area contributed by atoms with Crippen LogP contribution < -0.4 is 0 Å². The van der Waals surface area contributed by atoms with Crippen LogP contribution in [0.5, 0.6) is 0 Å². The van der Waals surface area contributed by atoms with E-state index >= 15 is 0 Å². The molecule has 0 saturated heterocycles. The Bertz CT molecular complexity index is 879. The predicted molar refractivity (Wildman–Crippen MR) is 162 cm³/mol. The highest BCUT2D eigenvalue weighted by Crippen LogP contribution is 2.56. The van der Waals surface area contributed by atoms with Crippen LogP contribution in [0.2, 0.25) is 0 Å². The van der Waals surface area contributed by atoms with Crippen LogP contribution in [0.4, 0.5) is 0 Å². The first-order chi connectivity index (χ1) is 18.9. The van der Waals surface area contributed by atoms with E-state index in [0.29, 0.717) is 0 Å². The van der Waals surface area contributed by atoms with Crippen molar-refractivity contribution in [2.75, 3.05) is 0 Å². The highest BCUT2D eigenvalue weighted by Gasteiger charge is 2.45. The van der Waals surface area contributed by atoms with Gasteiger partial charge in [0.1, 0.15) is 0 Å². The first kappa shape index (κ1) is 27.3. The quantitative estimate of drug-likeness (QED) is 0.333. The van der Waals surface area contributed by atoms with Gasteiger partial charge in [-0.1, -0.05) is 109 Å². The van der Waals surface area contributed by atoms with Crippen LogP contribution >= 0.6 is 0 Å². The number of pyridine rings is 1. The number of aryl methyl sites for hydroxylation is 1. The molecule has 212 valence electrons. The average Bonchev–Trinajstić information content (AvgIpc) is 3.04. The van der Waals surface area contributed by atoms with Crippen molar-refractivity contribution in [3.8, 4) is 0 Å². The molecule has 0 aromatic carbocycles. The first-order valence-electron chi connectivity index (χ1n) is 18.0. The van der Waals surface area contributed by atoms with Gasteiger partial charge in [0.05, 0.1) is 0 Å². The average molecular weight is 518 g/mol. The van der Waals surface area contributed by atoms with Crippen molar-refractivity contribution in [1.29, 1.82) is 0 Å². The standard InChI is InChI=1S/C37H59N/c1-4-12-20-28-21-13-5-2-9-19-27-34-35(28)33(26-18-8-1)36-31-24-16-11-10-15-22-29(31)30-23-14-6-3-7-17-25-32(30)37(36)38-34/h28-32H,1-27H2. The van der Waals surface area contributed by atoms with Crippen molar-refractivity contribution >= 4 is 0 Å². The van der Waals surface area contributed by atoms with Crippen molar-refractivity contribution in [2.24, 2.45) is 11.8 Å². The highest BCUT2D eigenvalue weighted by molar-refractivity contribution is 5.48. The van der Waals surface area contributed by atoms with E-state index in [-0.39, 0.29) is 0 Å². The normalized spacial score (nSPS) is 33.8. The molecule has 0 N–H and O–H groups in total. The third-order valence-electron chi connectivity index (χ3n) is 12.0. The Morgan fingerprint density at radius 1 is 0.395 bits per heavy atom. The summed E-state index contributed by atoms with van der Waals surface area (Å²) in [6, 6.07) is 0. The lowest BCUT2D eigenvalue weighted by Crippen LogP contribution is -2.37. The highest BCUT2D eigenvalue weighted by atomic mass is 14.8. The third-order valence-corrected chi connectivity index (χ3v) is 12.0. The fraction of sp³-hybridized carbons (Fsp3) is 0.865. The molecule has 5 unspecified atom stereocenters. The van der Waals surface area contributed by atoms with Gasteiger partial charge in [-0.3, -0.25) is 4.98 Å². The zero-order chi connectivity index (χ0) is 25.6. The van der Waals surface area contributed by atoms with Crippen LogP contribution in [0.1, 0.15) is 206 Å². The number of fused-ring (bicyclic) bond motifs is 7. The zero-order valence-corrected chi connectivity index (χ0v) is 24.9. The number of rotatable bonds is 0. The van der Waals surface area contributed by atoms with Crippen LogP contribution in [0, 0.1) is 11.8 Å². The van der Waals surface area contributed by atoms with Crippen molar-refractivity contribution in [1.82, 2.24) is 4.98 Å². The Morgan fingerprint density at radius 3 is 1.53 bits per heavy atom. The van der Waals surface area contributed by atoms with E-state index in [1.165, 1.54) is 173 Å². The molecule has 2 fully saturated rings. The second-order valence-corrected chi connectivity index (χ2v) is 14.4. The SMILES string of the molecule is C1CCCc2nc3c(c4c2C(CCC1)CCCCCCC4)C1CCCCCCC1C1CCCCCCCC31. The van der Waals surface area contributed by atoms with Crippen LogP contribution in [-0.2, 0) is 12.8 Å². The maximum atomic E-state index is 5.98. The van der Waals surface area contributed by atoms with Gasteiger partial charge in [0.25, 0.3) is 0 Å². The third kappa shape index (κ3) is 6.07. The molecule has 5 aliphatic rings. The zero-order valence-electron chi connectivity index (χ0n) is 24.9. The Labute approximate surface area is 235 Å². The summed E-state index contributed by atoms with van der Waals surface area (Å²) in [6.07, 6.45) is 39.2. The first-order valence-corrected chi connectivity index (χ1v) is 18.0. The van der Waals surface area contributed by atoms with Crippen molar-refractivity contribution < 1.29 is 0 Å². The molecule has 6 rings (SSSR count). The van der Waals surface area contributed by atoms with E-state index < -0.39 is 0 Å². The molecule has 2 saturated carbocycles. The molecule has 0 spiro atoms. The molecule has 1 aromatic heterocycles. The largest absolute Gasteiger partial charge is 0.257 e. The van der Waals surface area contributed by atoms with Crippen LogP contribution in [0.3, 0.4) is 0 Å². The molecular weight excluding hydrogens is 458 g/mol. The second kappa shape index (κ2) is 13.7. The molecule has 0 radical (unpaired) electrons. The minimum atomic E-state index is 0.773. The number of hydrogen-bond acceptors (Lipinski definition) is 1. The van der Waals surface area contributed by atoms with Gasteiger partial charge in [0.2, 0.25) is 0 Å². The van der Waals surface area contributed by atoms with Gasteiger partial charge >= 0.3 is 0 Å². The van der Waals surface area contributed by atoms with Gasteiger partial charge in [-0.25, -0.2) is 0 Å². The van der Waals surface area contributed by atoms with Crippen molar-refractivity contribution in [3.05, 3.63) is 28.1 Å². The fourth-order valence-electron chi connectivity index (χ4n) is 10.2. The van der Waals surface area contributed by atoms with Gasteiger partial charge in [-0.2, -0.15) is 0 Å². The smallest absolute Gasteiger partial charge is 0.0478 e. The lowest BCUT2D eigenvalue weighted by atomic mass is 9.58. The van der Waals surface area contributed by atoms with Crippen LogP contribution in [0.25, 0.3) is 0 Å². The minimum Gasteiger partial charge on any atom is -0.257 e. The van der Waals surface area contributed by atoms with Crippen molar-refractivity contribution in [3.63, 3.8) is 0 Å². The molecule has 0 aliphatic heterocycles. The summed E-state index contributed by atoms with van der Waals surface area (Å²) >= 11 is 0. The lowest BCUT2D eigenvalue weighted by Gasteiger charge is -2.47. The van der Waals surface area contributed by atoms with E-state index in [0.717, 1.165) is 29.6 Å². The number of nitrogens with zero attached hydrogens (tertiary/aromatic N) is 1. The summed E-state index contributed by atoms with van der Waals surface area (Å²) in [4.78, 5) is 5.98. The predicted octanol–water partition coefficient (Wildman–Crippen LogP) is 11.5. The van der Waals surface area contributed by atoms with E-state index in [9.17, 15) is 0 Å². The maximum Gasteiger partial charge on any atom is 0.0478 e. The van der Waals surface area contributed by atoms with Crippen LogP contribution in [-0.4, -0.2) is 4.98 Å². The van der Waals surface area contributed by atoms with E-state index in [2.05, 4.69) is 0 Å². The fourth-order valence-corrected chi connectivity index (χ4v) is 10.2. The monoisotopic (exact) mass is 517 g/mol. The summed E-state index contributed by atoms with van der Waals surface area (Å²) in [6.45, 7) is 0. The molecular formula is C37H59N. The van der Waals surface area contributed by atoms with Gasteiger partial charge in [-0.15, -0.1) is 0 Å². The number of aromatic nitrogens is 1. The van der Waals surface area contributed by atoms with Crippen molar-refractivity contribution in [2.45, 2.75) is 191 Å².